The molecule has 25 heavy (non-hydrogen) atoms. The van der Waals surface area contributed by atoms with Gasteiger partial charge in [-0.3, -0.25) is 0 Å². The van der Waals surface area contributed by atoms with Crippen LogP contribution in [0.2, 0.25) is 0 Å². The van der Waals surface area contributed by atoms with Crippen molar-refractivity contribution >= 4 is 18.9 Å². The van der Waals surface area contributed by atoms with Crippen LogP contribution in [0.1, 0.15) is 18.1 Å². The molecule has 125 valence electrons. The van der Waals surface area contributed by atoms with Crippen LogP contribution in [0, 0.1) is 11.3 Å². The second kappa shape index (κ2) is 7.73. The summed E-state index contributed by atoms with van der Waals surface area (Å²) < 4.78 is 21.3. The highest BCUT2D eigenvalue weighted by atomic mass is 16.6. The van der Waals surface area contributed by atoms with Gasteiger partial charge >= 0.3 is 13.5 Å². The van der Waals surface area contributed by atoms with Crippen LogP contribution < -0.4 is 14.9 Å². The van der Waals surface area contributed by atoms with Crippen LogP contribution in [0.25, 0.3) is 0 Å². The molecule has 1 aliphatic rings. The van der Waals surface area contributed by atoms with Gasteiger partial charge in [0.25, 0.3) is 0 Å². The Labute approximate surface area is 146 Å². The Morgan fingerprint density at radius 1 is 1.28 bits per heavy atom. The molecule has 1 radical (unpaired) electrons. The first-order valence-electron chi connectivity index (χ1n) is 7.77. The topological polar surface area (TPSA) is 77.8 Å². The normalized spacial score (nSPS) is 11.8. The van der Waals surface area contributed by atoms with E-state index >= 15 is 0 Å². The summed E-state index contributed by atoms with van der Waals surface area (Å²) >= 11 is 0. The molecule has 0 aromatic heterocycles. The maximum Gasteiger partial charge on any atom is 0.344 e. The number of benzene rings is 2. The number of nitriles is 1. The monoisotopic (exact) mass is 336 g/mol. The minimum atomic E-state index is -0.493. The first-order valence-corrected chi connectivity index (χ1v) is 7.77. The highest BCUT2D eigenvalue weighted by Gasteiger charge is 2.15. The predicted molar refractivity (Wildman–Crippen MR) is 90.0 cm³/mol. The van der Waals surface area contributed by atoms with Crippen LogP contribution in [0.4, 0.5) is 0 Å². The number of carbonyl (C=O) groups is 1. The zero-order valence-electron chi connectivity index (χ0n) is 13.7. The summed E-state index contributed by atoms with van der Waals surface area (Å²) in [4.78, 5) is 11.4. The van der Waals surface area contributed by atoms with Crippen molar-refractivity contribution in [2.45, 2.75) is 13.5 Å². The third-order valence-corrected chi connectivity index (χ3v) is 3.52. The van der Waals surface area contributed by atoms with E-state index in [1.807, 2.05) is 24.3 Å². The summed E-state index contributed by atoms with van der Waals surface area (Å²) in [5.41, 5.74) is 2.39. The van der Waals surface area contributed by atoms with Crippen molar-refractivity contribution in [3.05, 3.63) is 47.5 Å². The lowest BCUT2D eigenvalue weighted by atomic mass is 9.87. The quantitative estimate of drug-likeness (QED) is 0.594. The van der Waals surface area contributed by atoms with E-state index in [-0.39, 0.29) is 19.0 Å². The molecular formula is C18H15BNO5. The molecule has 0 bridgehead atoms. The number of ether oxygens (including phenoxy) is 3. The Kier molecular flexibility index (Phi) is 5.22. The van der Waals surface area contributed by atoms with Gasteiger partial charge in [0.1, 0.15) is 23.3 Å². The van der Waals surface area contributed by atoms with Crippen LogP contribution in [0.5, 0.6) is 17.2 Å². The SMILES string of the molecule is CCOC(=O)COc1cc(Oc2ccc3c(c2)CO[B]3)ccc1C#N. The van der Waals surface area contributed by atoms with Gasteiger partial charge in [-0.05, 0) is 42.2 Å². The van der Waals surface area contributed by atoms with E-state index in [9.17, 15) is 4.79 Å². The second-order valence-corrected chi connectivity index (χ2v) is 5.26. The molecule has 2 aromatic carbocycles. The van der Waals surface area contributed by atoms with Gasteiger partial charge in [0.15, 0.2) is 6.61 Å². The molecule has 0 aliphatic carbocycles. The molecule has 1 heterocycles. The summed E-state index contributed by atoms with van der Waals surface area (Å²) in [6.45, 7) is 2.24. The van der Waals surface area contributed by atoms with E-state index in [1.165, 1.54) is 0 Å². The van der Waals surface area contributed by atoms with Gasteiger partial charge in [0.2, 0.25) is 0 Å². The summed E-state index contributed by atoms with van der Waals surface area (Å²) in [5, 5.41) is 9.17. The second-order valence-electron chi connectivity index (χ2n) is 5.26. The number of rotatable bonds is 6. The predicted octanol–water partition coefficient (Wildman–Crippen LogP) is 2.07. The lowest BCUT2D eigenvalue weighted by Crippen LogP contribution is -2.15. The standard InChI is InChI=1S/C18H15BNO5/c1-2-22-18(21)11-23-17-8-15(4-3-12(17)9-20)25-14-5-6-16-13(7-14)10-24-19-16/h3-8H,2,10-11H2,1H3. The van der Waals surface area contributed by atoms with Crippen LogP contribution >= 0.6 is 0 Å². The van der Waals surface area contributed by atoms with Crippen molar-refractivity contribution in [1.29, 1.82) is 5.26 Å². The Bertz CT molecular complexity index is 831. The number of fused-ring (bicyclic) bond motifs is 1. The van der Waals surface area contributed by atoms with Gasteiger partial charge in [0, 0.05) is 6.07 Å². The molecule has 0 saturated carbocycles. The summed E-state index contributed by atoms with van der Waals surface area (Å²) in [5.74, 6) is 0.929. The molecule has 0 saturated heterocycles. The maximum atomic E-state index is 11.4. The molecule has 2 aromatic rings. The average Bonchev–Trinajstić information content (AvgIpc) is 3.08. The number of hydrogen-bond donors (Lipinski definition) is 0. The van der Waals surface area contributed by atoms with Gasteiger partial charge in [-0.15, -0.1) is 0 Å². The largest absolute Gasteiger partial charge is 0.480 e. The van der Waals surface area contributed by atoms with Crippen LogP contribution in [-0.2, 0) is 20.8 Å². The fourth-order valence-electron chi connectivity index (χ4n) is 2.36. The molecule has 0 fully saturated rings. The average molecular weight is 336 g/mol. The minimum absolute atomic E-state index is 0.266. The fourth-order valence-corrected chi connectivity index (χ4v) is 2.36. The van der Waals surface area contributed by atoms with Gasteiger partial charge < -0.3 is 18.9 Å². The van der Waals surface area contributed by atoms with Crippen molar-refractivity contribution in [2.24, 2.45) is 0 Å². The smallest absolute Gasteiger partial charge is 0.344 e. The third-order valence-electron chi connectivity index (χ3n) is 3.52. The molecule has 0 spiro atoms. The Morgan fingerprint density at radius 3 is 2.88 bits per heavy atom. The molecule has 0 atom stereocenters. The van der Waals surface area contributed by atoms with Crippen molar-refractivity contribution < 1.29 is 23.7 Å². The summed E-state index contributed by atoms with van der Waals surface area (Å²) in [7, 11) is 1.71. The fraction of sp³-hybridized carbons (Fsp3) is 0.222. The van der Waals surface area contributed by atoms with Crippen molar-refractivity contribution in [2.75, 3.05) is 13.2 Å². The molecule has 0 amide bonds. The Morgan fingerprint density at radius 2 is 2.08 bits per heavy atom. The maximum absolute atomic E-state index is 11.4. The van der Waals surface area contributed by atoms with E-state index in [2.05, 4.69) is 0 Å². The van der Waals surface area contributed by atoms with Gasteiger partial charge in [-0.25, -0.2) is 4.79 Å². The highest BCUT2D eigenvalue weighted by Crippen LogP contribution is 2.29. The van der Waals surface area contributed by atoms with E-state index in [0.29, 0.717) is 23.7 Å². The number of esters is 1. The number of nitrogens with zero attached hydrogens (tertiary/aromatic N) is 1. The molecular weight excluding hydrogens is 321 g/mol. The summed E-state index contributed by atoms with van der Waals surface area (Å²) in [6.07, 6.45) is 0. The molecule has 7 heteroatoms. The van der Waals surface area contributed by atoms with E-state index in [4.69, 9.17) is 24.1 Å². The van der Waals surface area contributed by atoms with Crippen molar-refractivity contribution in [1.82, 2.24) is 0 Å². The Balaban J connectivity index is 1.74. The lowest BCUT2D eigenvalue weighted by Gasteiger charge is -2.11. The minimum Gasteiger partial charge on any atom is -0.480 e. The molecule has 0 N–H and O–H groups in total. The zero-order chi connectivity index (χ0) is 17.6. The van der Waals surface area contributed by atoms with E-state index < -0.39 is 5.97 Å². The van der Waals surface area contributed by atoms with Crippen molar-refractivity contribution in [3.63, 3.8) is 0 Å². The zero-order valence-corrected chi connectivity index (χ0v) is 13.7. The van der Waals surface area contributed by atoms with Crippen LogP contribution in [0.3, 0.4) is 0 Å². The van der Waals surface area contributed by atoms with Crippen molar-refractivity contribution in [3.8, 4) is 23.3 Å². The van der Waals surface area contributed by atoms with Crippen LogP contribution in [-0.4, -0.2) is 26.7 Å². The van der Waals surface area contributed by atoms with Gasteiger partial charge in [0.05, 0.1) is 18.8 Å². The van der Waals surface area contributed by atoms with Gasteiger partial charge in [-0.2, -0.15) is 5.26 Å². The third kappa shape index (κ3) is 4.11. The lowest BCUT2D eigenvalue weighted by molar-refractivity contribution is -0.145. The van der Waals surface area contributed by atoms with Gasteiger partial charge in [-0.1, -0.05) is 6.07 Å². The number of hydrogen-bond acceptors (Lipinski definition) is 6. The van der Waals surface area contributed by atoms with E-state index in [1.54, 1.807) is 32.6 Å². The Hall–Kier alpha value is -2.98. The summed E-state index contributed by atoms with van der Waals surface area (Å²) in [6, 6.07) is 12.5. The first-order chi connectivity index (χ1) is 12.2. The van der Waals surface area contributed by atoms with E-state index in [0.717, 1.165) is 11.0 Å². The molecule has 3 rings (SSSR count). The number of carbonyl (C=O) groups excluding carboxylic acids is 1. The molecule has 0 unspecified atom stereocenters. The van der Waals surface area contributed by atoms with Crippen LogP contribution in [0.15, 0.2) is 36.4 Å². The first kappa shape index (κ1) is 16.9. The molecule has 6 nitrogen and oxygen atoms in total. The highest BCUT2D eigenvalue weighted by molar-refractivity contribution is 6.48. The molecule has 1 aliphatic heterocycles.